The number of rotatable bonds is 7. The molecule has 0 fully saturated rings. The smallest absolute Gasteiger partial charge is 0.0945 e. The summed E-state index contributed by atoms with van der Waals surface area (Å²) in [6, 6.07) is 6.05. The number of halogens is 2. The fraction of sp³-hybridized carbons (Fsp3) is 0.357. The molecule has 102 valence electrons. The molecule has 0 saturated heterocycles. The summed E-state index contributed by atoms with van der Waals surface area (Å²) in [4.78, 5) is 4.02. The fourth-order valence-corrected chi connectivity index (χ4v) is 2.30. The molecule has 0 aliphatic heterocycles. The van der Waals surface area contributed by atoms with E-state index in [2.05, 4.69) is 36.9 Å². The van der Waals surface area contributed by atoms with Crippen LogP contribution in [0.5, 0.6) is 0 Å². The number of aromatic nitrogens is 2. The Bertz CT molecular complexity index is 499. The number of hydrogen-bond acceptors (Lipinski definition) is 2. The summed E-state index contributed by atoms with van der Waals surface area (Å²) in [5, 5.41) is 4.19. The van der Waals surface area contributed by atoms with Crippen LogP contribution in [0, 0.1) is 0 Å². The van der Waals surface area contributed by atoms with Crippen molar-refractivity contribution in [3.8, 4) is 0 Å². The van der Waals surface area contributed by atoms with Crippen molar-refractivity contribution >= 4 is 27.5 Å². The van der Waals surface area contributed by atoms with E-state index >= 15 is 0 Å². The summed E-state index contributed by atoms with van der Waals surface area (Å²) in [7, 11) is 0. The molecule has 1 N–H and O–H groups in total. The molecule has 0 aliphatic carbocycles. The highest BCUT2D eigenvalue weighted by Gasteiger charge is 1.98. The molecule has 19 heavy (non-hydrogen) atoms. The summed E-state index contributed by atoms with van der Waals surface area (Å²) < 4.78 is 3.05. The van der Waals surface area contributed by atoms with Gasteiger partial charge in [-0.3, -0.25) is 0 Å². The zero-order valence-electron chi connectivity index (χ0n) is 10.6. The van der Waals surface area contributed by atoms with Crippen LogP contribution >= 0.6 is 27.5 Å². The molecule has 0 saturated carbocycles. The van der Waals surface area contributed by atoms with E-state index in [9.17, 15) is 0 Å². The molecule has 5 heteroatoms. The highest BCUT2D eigenvalue weighted by atomic mass is 79.9. The minimum Gasteiger partial charge on any atom is -0.337 e. The second-order valence-corrected chi connectivity index (χ2v) is 5.69. The molecule has 1 aromatic heterocycles. The maximum atomic E-state index is 6.05. The Labute approximate surface area is 127 Å². The van der Waals surface area contributed by atoms with Crippen LogP contribution in [-0.2, 0) is 13.1 Å². The van der Waals surface area contributed by atoms with Crippen molar-refractivity contribution in [2.75, 3.05) is 6.54 Å². The summed E-state index contributed by atoms with van der Waals surface area (Å²) in [6.45, 7) is 2.91. The van der Waals surface area contributed by atoms with E-state index in [1.807, 2.05) is 30.9 Å². The van der Waals surface area contributed by atoms with Crippen LogP contribution in [-0.4, -0.2) is 16.1 Å². The van der Waals surface area contributed by atoms with Crippen molar-refractivity contribution in [1.29, 1.82) is 0 Å². The maximum absolute atomic E-state index is 6.05. The molecular weight excluding hydrogens is 326 g/mol. The number of benzene rings is 1. The lowest BCUT2D eigenvalue weighted by atomic mass is 10.2. The van der Waals surface area contributed by atoms with Gasteiger partial charge in [0.05, 0.1) is 11.3 Å². The van der Waals surface area contributed by atoms with Gasteiger partial charge in [0.15, 0.2) is 0 Å². The molecular formula is C14H17BrClN3. The standard InChI is InChI=1S/C14H17BrClN3/c15-13-4-3-12(9-14(13)16)10-17-5-1-2-7-19-8-6-18-11-19/h3-4,6,8-9,11,17H,1-2,5,7,10H2. The third-order valence-corrected chi connectivity index (χ3v) is 4.12. The number of aryl methyl sites for hydroxylation is 1. The van der Waals surface area contributed by atoms with Crippen molar-refractivity contribution in [1.82, 2.24) is 14.9 Å². The summed E-state index contributed by atoms with van der Waals surface area (Å²) in [6.07, 6.45) is 7.98. The van der Waals surface area contributed by atoms with Gasteiger partial charge in [-0.1, -0.05) is 17.7 Å². The topological polar surface area (TPSA) is 29.9 Å². The number of nitrogens with zero attached hydrogens (tertiary/aromatic N) is 2. The van der Waals surface area contributed by atoms with E-state index in [1.165, 1.54) is 5.56 Å². The van der Waals surface area contributed by atoms with Gasteiger partial charge in [-0.05, 0) is 53.0 Å². The molecule has 2 rings (SSSR count). The SMILES string of the molecule is Clc1cc(CNCCCCn2ccnc2)ccc1Br. The number of nitrogens with one attached hydrogen (secondary N) is 1. The monoisotopic (exact) mass is 341 g/mol. The van der Waals surface area contributed by atoms with Crippen molar-refractivity contribution in [2.24, 2.45) is 0 Å². The van der Waals surface area contributed by atoms with E-state index in [4.69, 9.17) is 11.6 Å². The van der Waals surface area contributed by atoms with Crippen LogP contribution in [0.1, 0.15) is 18.4 Å². The molecule has 2 aromatic rings. The first kappa shape index (κ1) is 14.6. The van der Waals surface area contributed by atoms with Crippen LogP contribution < -0.4 is 5.32 Å². The van der Waals surface area contributed by atoms with Gasteiger partial charge in [0.25, 0.3) is 0 Å². The Kier molecular flexibility index (Phi) is 5.89. The first-order valence-corrected chi connectivity index (χ1v) is 7.53. The summed E-state index contributed by atoms with van der Waals surface area (Å²) in [5.41, 5.74) is 1.21. The van der Waals surface area contributed by atoms with Gasteiger partial charge in [0.1, 0.15) is 0 Å². The Morgan fingerprint density at radius 1 is 1.32 bits per heavy atom. The van der Waals surface area contributed by atoms with Gasteiger partial charge in [0.2, 0.25) is 0 Å². The molecule has 1 heterocycles. The largest absolute Gasteiger partial charge is 0.337 e. The van der Waals surface area contributed by atoms with Crippen molar-refractivity contribution in [2.45, 2.75) is 25.9 Å². The Morgan fingerprint density at radius 3 is 2.95 bits per heavy atom. The summed E-state index contributed by atoms with van der Waals surface area (Å²) >= 11 is 9.44. The van der Waals surface area contributed by atoms with Crippen LogP contribution in [0.3, 0.4) is 0 Å². The van der Waals surface area contributed by atoms with Crippen LogP contribution in [0.4, 0.5) is 0 Å². The van der Waals surface area contributed by atoms with Crippen molar-refractivity contribution < 1.29 is 0 Å². The molecule has 1 aromatic carbocycles. The predicted octanol–water partition coefficient (Wildman–Crippen LogP) is 3.87. The highest BCUT2D eigenvalue weighted by Crippen LogP contribution is 2.22. The van der Waals surface area contributed by atoms with Gasteiger partial charge in [-0.25, -0.2) is 4.98 Å². The second-order valence-electron chi connectivity index (χ2n) is 4.43. The number of imidazole rings is 1. The predicted molar refractivity (Wildman–Crippen MR) is 82.3 cm³/mol. The molecule has 0 unspecified atom stereocenters. The zero-order chi connectivity index (χ0) is 13.5. The molecule has 0 amide bonds. The number of hydrogen-bond donors (Lipinski definition) is 1. The van der Waals surface area contributed by atoms with Gasteiger partial charge >= 0.3 is 0 Å². The quantitative estimate of drug-likeness (QED) is 0.774. The Hall–Kier alpha value is -0.840. The lowest BCUT2D eigenvalue weighted by Gasteiger charge is -2.06. The average molecular weight is 343 g/mol. The van der Waals surface area contributed by atoms with E-state index in [0.717, 1.165) is 42.0 Å². The first-order chi connectivity index (χ1) is 9.25. The lowest BCUT2D eigenvalue weighted by Crippen LogP contribution is -2.15. The third kappa shape index (κ3) is 4.97. The fourth-order valence-electron chi connectivity index (χ4n) is 1.85. The van der Waals surface area contributed by atoms with Crippen LogP contribution in [0.25, 0.3) is 0 Å². The minimum atomic E-state index is 0.763. The van der Waals surface area contributed by atoms with Gasteiger partial charge in [-0.2, -0.15) is 0 Å². The van der Waals surface area contributed by atoms with E-state index in [-0.39, 0.29) is 0 Å². The normalized spacial score (nSPS) is 10.8. The van der Waals surface area contributed by atoms with Gasteiger partial charge in [-0.15, -0.1) is 0 Å². The minimum absolute atomic E-state index is 0.763. The maximum Gasteiger partial charge on any atom is 0.0945 e. The van der Waals surface area contributed by atoms with E-state index < -0.39 is 0 Å². The van der Waals surface area contributed by atoms with Gasteiger partial charge < -0.3 is 9.88 Å². The highest BCUT2D eigenvalue weighted by molar-refractivity contribution is 9.10. The zero-order valence-corrected chi connectivity index (χ0v) is 13.0. The molecule has 3 nitrogen and oxygen atoms in total. The molecule has 0 bridgehead atoms. The summed E-state index contributed by atoms with van der Waals surface area (Å²) in [5.74, 6) is 0. The van der Waals surface area contributed by atoms with E-state index in [1.54, 1.807) is 0 Å². The van der Waals surface area contributed by atoms with Gasteiger partial charge in [0, 0.05) is 30.0 Å². The first-order valence-electron chi connectivity index (χ1n) is 6.36. The molecule has 0 aliphatic rings. The number of unbranched alkanes of at least 4 members (excludes halogenated alkanes) is 1. The Balaban J connectivity index is 1.60. The molecule has 0 atom stereocenters. The van der Waals surface area contributed by atoms with Crippen LogP contribution in [0.2, 0.25) is 5.02 Å². The molecule has 0 spiro atoms. The van der Waals surface area contributed by atoms with Crippen LogP contribution in [0.15, 0.2) is 41.4 Å². The Morgan fingerprint density at radius 2 is 2.21 bits per heavy atom. The second kappa shape index (κ2) is 7.68. The van der Waals surface area contributed by atoms with Crippen molar-refractivity contribution in [3.05, 3.63) is 52.0 Å². The third-order valence-electron chi connectivity index (χ3n) is 2.89. The molecule has 0 radical (unpaired) electrons. The van der Waals surface area contributed by atoms with Crippen molar-refractivity contribution in [3.63, 3.8) is 0 Å². The van der Waals surface area contributed by atoms with E-state index in [0.29, 0.717) is 0 Å². The average Bonchev–Trinajstić information content (AvgIpc) is 2.91. The lowest BCUT2D eigenvalue weighted by molar-refractivity contribution is 0.568.